The molecule has 1 saturated carbocycles. The molecule has 0 atom stereocenters. The van der Waals surface area contributed by atoms with Crippen LogP contribution in [0, 0.1) is 5.92 Å². The minimum absolute atomic E-state index is 0.0116. The summed E-state index contributed by atoms with van der Waals surface area (Å²) in [6.07, 6.45) is -0.722. The van der Waals surface area contributed by atoms with Crippen molar-refractivity contribution in [2.75, 3.05) is 25.1 Å². The average Bonchev–Trinajstić information content (AvgIpc) is 3.70. The average molecular weight is 501 g/mol. The monoisotopic (exact) mass is 501 g/mol. The highest BCUT2D eigenvalue weighted by molar-refractivity contribution is 6.01. The Balaban J connectivity index is 1.33. The zero-order chi connectivity index (χ0) is 25.7. The van der Waals surface area contributed by atoms with Gasteiger partial charge in [-0.1, -0.05) is 6.07 Å². The van der Waals surface area contributed by atoms with Gasteiger partial charge in [0.25, 0.3) is 5.91 Å². The summed E-state index contributed by atoms with van der Waals surface area (Å²) in [4.78, 5) is 40.1. The summed E-state index contributed by atoms with van der Waals surface area (Å²) in [6, 6.07) is 10.4. The molecule has 1 fully saturated rings. The number of hydrogen-bond donors (Lipinski definition) is 2. The number of nitrogens with one attached hydrogen (secondary N) is 2. The first-order chi connectivity index (χ1) is 17.2. The van der Waals surface area contributed by atoms with Crippen molar-refractivity contribution in [2.45, 2.75) is 19.0 Å². The third kappa shape index (κ3) is 6.49. The Morgan fingerprint density at radius 2 is 1.89 bits per heavy atom. The molecule has 188 valence electrons. The number of aromatic nitrogens is 1. The number of ether oxygens (including phenoxy) is 2. The van der Waals surface area contributed by atoms with Crippen LogP contribution in [0.15, 0.2) is 48.7 Å². The smallest absolute Gasteiger partial charge is 0.422 e. The third-order valence-electron chi connectivity index (χ3n) is 5.38. The van der Waals surface area contributed by atoms with Crippen molar-refractivity contribution in [1.82, 2.24) is 10.3 Å². The number of benzene rings is 2. The van der Waals surface area contributed by atoms with Gasteiger partial charge in [0.15, 0.2) is 12.9 Å². The fraction of sp³-hybridized carbons (Fsp3) is 0.280. The van der Waals surface area contributed by atoms with E-state index in [-0.39, 0.29) is 47.9 Å². The summed E-state index contributed by atoms with van der Waals surface area (Å²) < 4.78 is 47.6. The Morgan fingerprint density at radius 1 is 1.08 bits per heavy atom. The van der Waals surface area contributed by atoms with E-state index in [1.54, 1.807) is 6.07 Å². The number of carbonyl (C=O) groups is 3. The Kier molecular flexibility index (Phi) is 7.37. The Morgan fingerprint density at radius 3 is 2.61 bits per heavy atom. The molecule has 0 bridgehead atoms. The number of rotatable bonds is 10. The van der Waals surface area contributed by atoms with Crippen molar-refractivity contribution < 1.29 is 37.0 Å². The van der Waals surface area contributed by atoms with Crippen LogP contribution >= 0.6 is 0 Å². The van der Waals surface area contributed by atoms with E-state index < -0.39 is 12.8 Å². The van der Waals surface area contributed by atoms with E-state index in [9.17, 15) is 27.6 Å². The zero-order valence-electron chi connectivity index (χ0n) is 18.9. The van der Waals surface area contributed by atoms with E-state index in [1.807, 2.05) is 0 Å². The van der Waals surface area contributed by atoms with E-state index in [0.717, 1.165) is 12.8 Å². The maximum atomic E-state index is 12.4. The lowest BCUT2D eigenvalue weighted by Gasteiger charge is -2.13. The van der Waals surface area contributed by atoms with Crippen molar-refractivity contribution in [2.24, 2.45) is 5.92 Å². The van der Waals surface area contributed by atoms with Crippen LogP contribution in [0.1, 0.15) is 33.6 Å². The first kappa shape index (κ1) is 25.0. The number of anilines is 1. The predicted molar refractivity (Wildman–Crippen MR) is 124 cm³/mol. The van der Waals surface area contributed by atoms with E-state index >= 15 is 0 Å². The standard InChI is InChI=1S/C25H22F3N3O5/c26-25(27,28)14-36-18-4-5-19-16(11-18)3-6-21(20(19)13-32)35-10-9-30-23(33)17-7-8-29-22(12-17)31-24(34)15-1-2-15/h3-8,11-13,15H,1-2,9-10,14H2,(H,30,33)(H,29,31,34). The number of aldehydes is 1. The SMILES string of the molecule is O=Cc1c(OCCNC(=O)c2ccnc(NC(=O)C3CC3)c2)ccc2cc(OCC(F)(F)F)ccc12. The lowest BCUT2D eigenvalue weighted by molar-refractivity contribution is -0.153. The molecule has 1 aliphatic carbocycles. The van der Waals surface area contributed by atoms with Gasteiger partial charge in [-0.05, 0) is 60.0 Å². The largest absolute Gasteiger partial charge is 0.491 e. The van der Waals surface area contributed by atoms with Gasteiger partial charge in [-0.2, -0.15) is 13.2 Å². The summed E-state index contributed by atoms with van der Waals surface area (Å²) in [6.45, 7) is -1.23. The third-order valence-corrected chi connectivity index (χ3v) is 5.38. The second-order valence-electron chi connectivity index (χ2n) is 8.18. The number of nitrogens with zero attached hydrogens (tertiary/aromatic N) is 1. The van der Waals surface area contributed by atoms with Crippen molar-refractivity contribution in [3.63, 3.8) is 0 Å². The lowest BCUT2D eigenvalue weighted by atomic mass is 10.0. The topological polar surface area (TPSA) is 107 Å². The number of fused-ring (bicyclic) bond motifs is 1. The van der Waals surface area contributed by atoms with Gasteiger partial charge in [0.1, 0.15) is 23.9 Å². The molecule has 0 radical (unpaired) electrons. The molecule has 0 saturated heterocycles. The second kappa shape index (κ2) is 10.6. The predicted octanol–water partition coefficient (Wildman–Crippen LogP) is 4.15. The zero-order valence-corrected chi connectivity index (χ0v) is 18.9. The highest BCUT2D eigenvalue weighted by Gasteiger charge is 2.30. The number of pyridine rings is 1. The van der Waals surface area contributed by atoms with Crippen molar-refractivity contribution in [3.05, 3.63) is 59.8 Å². The molecule has 0 unspecified atom stereocenters. The van der Waals surface area contributed by atoms with E-state index in [0.29, 0.717) is 28.4 Å². The van der Waals surface area contributed by atoms with Crippen LogP contribution < -0.4 is 20.1 Å². The molecule has 2 aromatic carbocycles. The van der Waals surface area contributed by atoms with E-state index in [4.69, 9.17) is 9.47 Å². The molecule has 3 aromatic rings. The molecule has 11 heteroatoms. The van der Waals surface area contributed by atoms with Crippen LogP contribution in [-0.4, -0.2) is 49.0 Å². The maximum Gasteiger partial charge on any atom is 0.422 e. The highest BCUT2D eigenvalue weighted by Crippen LogP contribution is 2.31. The molecule has 1 heterocycles. The van der Waals surface area contributed by atoms with Gasteiger partial charge in [-0.25, -0.2) is 4.98 Å². The van der Waals surface area contributed by atoms with E-state index in [1.165, 1.54) is 42.6 Å². The molecule has 1 aliphatic rings. The summed E-state index contributed by atoms with van der Waals surface area (Å²) in [5, 5.41) is 6.38. The maximum absolute atomic E-state index is 12.4. The molecule has 2 N–H and O–H groups in total. The van der Waals surface area contributed by atoms with Crippen molar-refractivity contribution in [1.29, 1.82) is 0 Å². The van der Waals surface area contributed by atoms with Crippen LogP contribution in [0.2, 0.25) is 0 Å². The molecular weight excluding hydrogens is 479 g/mol. The van der Waals surface area contributed by atoms with Gasteiger partial charge in [0.2, 0.25) is 5.91 Å². The molecular formula is C25H22F3N3O5. The summed E-state index contributed by atoms with van der Waals surface area (Å²) in [5.41, 5.74) is 0.547. The molecule has 2 amide bonds. The number of halogens is 3. The Hall–Kier alpha value is -4.15. The quantitative estimate of drug-likeness (QED) is 0.319. The molecule has 8 nitrogen and oxygen atoms in total. The minimum Gasteiger partial charge on any atom is -0.491 e. The molecule has 0 aliphatic heterocycles. The van der Waals surface area contributed by atoms with Gasteiger partial charge in [0.05, 0.1) is 12.1 Å². The molecule has 36 heavy (non-hydrogen) atoms. The van der Waals surface area contributed by atoms with Gasteiger partial charge in [-0.15, -0.1) is 0 Å². The first-order valence-corrected chi connectivity index (χ1v) is 11.1. The Bertz CT molecular complexity index is 1290. The summed E-state index contributed by atoms with van der Waals surface area (Å²) in [5.74, 6) is 0.111. The van der Waals surface area contributed by atoms with Gasteiger partial charge in [-0.3, -0.25) is 14.4 Å². The minimum atomic E-state index is -4.46. The summed E-state index contributed by atoms with van der Waals surface area (Å²) >= 11 is 0. The van der Waals surface area contributed by atoms with Gasteiger partial charge in [0, 0.05) is 17.7 Å². The van der Waals surface area contributed by atoms with Crippen LogP contribution in [0.4, 0.5) is 19.0 Å². The normalized spacial score (nSPS) is 13.2. The van der Waals surface area contributed by atoms with Crippen LogP contribution in [0.5, 0.6) is 11.5 Å². The fourth-order valence-corrected chi connectivity index (χ4v) is 3.46. The number of alkyl halides is 3. The first-order valence-electron chi connectivity index (χ1n) is 11.1. The number of amides is 2. The van der Waals surface area contributed by atoms with Crippen LogP contribution in [0.25, 0.3) is 10.8 Å². The number of carbonyl (C=O) groups excluding carboxylic acids is 3. The van der Waals surface area contributed by atoms with Crippen LogP contribution in [0.3, 0.4) is 0 Å². The molecule has 0 spiro atoms. The van der Waals surface area contributed by atoms with Crippen molar-refractivity contribution in [3.8, 4) is 11.5 Å². The van der Waals surface area contributed by atoms with Crippen LogP contribution in [-0.2, 0) is 4.79 Å². The Labute approximate surface area is 203 Å². The molecule has 4 rings (SSSR count). The van der Waals surface area contributed by atoms with Gasteiger partial charge >= 0.3 is 6.18 Å². The molecule has 1 aromatic heterocycles. The fourth-order valence-electron chi connectivity index (χ4n) is 3.46. The van der Waals surface area contributed by atoms with Gasteiger partial charge < -0.3 is 20.1 Å². The highest BCUT2D eigenvalue weighted by atomic mass is 19.4. The lowest BCUT2D eigenvalue weighted by Crippen LogP contribution is -2.28. The summed E-state index contributed by atoms with van der Waals surface area (Å²) in [7, 11) is 0. The second-order valence-corrected chi connectivity index (χ2v) is 8.18. The number of hydrogen-bond acceptors (Lipinski definition) is 6. The van der Waals surface area contributed by atoms with Crippen molar-refractivity contribution >= 4 is 34.7 Å². The van der Waals surface area contributed by atoms with E-state index in [2.05, 4.69) is 15.6 Å².